The van der Waals surface area contributed by atoms with Crippen LogP contribution in [0.4, 0.5) is 0 Å². The molecular formula is C16H21N3. The first-order chi connectivity index (χ1) is 9.12. The molecule has 0 radical (unpaired) electrons. The number of fused-ring (bicyclic) bond motifs is 1. The number of nitrogens with one attached hydrogen (secondary N) is 1. The van der Waals surface area contributed by atoms with Gasteiger partial charge in [-0.1, -0.05) is 12.1 Å². The fourth-order valence-electron chi connectivity index (χ4n) is 2.86. The third-order valence-corrected chi connectivity index (χ3v) is 3.72. The van der Waals surface area contributed by atoms with Gasteiger partial charge in [0.15, 0.2) is 0 Å². The van der Waals surface area contributed by atoms with E-state index in [1.807, 2.05) is 12.3 Å². The molecule has 2 aromatic rings. The zero-order valence-corrected chi connectivity index (χ0v) is 11.7. The Bertz CT molecular complexity index is 577. The van der Waals surface area contributed by atoms with E-state index in [9.17, 15) is 0 Å². The van der Waals surface area contributed by atoms with Crippen LogP contribution in [0.25, 0.3) is 10.9 Å². The first-order valence-corrected chi connectivity index (χ1v) is 6.93. The van der Waals surface area contributed by atoms with Crippen LogP contribution in [0.2, 0.25) is 0 Å². The highest BCUT2D eigenvalue weighted by molar-refractivity contribution is 5.78. The molecule has 0 atom stereocenters. The van der Waals surface area contributed by atoms with E-state index >= 15 is 0 Å². The zero-order chi connectivity index (χ0) is 13.3. The number of pyridine rings is 1. The molecule has 0 saturated carbocycles. The molecule has 3 rings (SSSR count). The van der Waals surface area contributed by atoms with E-state index in [-0.39, 0.29) is 5.54 Å². The van der Waals surface area contributed by atoms with Gasteiger partial charge in [0.1, 0.15) is 0 Å². The molecule has 2 heterocycles. The van der Waals surface area contributed by atoms with E-state index in [0.717, 1.165) is 31.7 Å². The Hall–Kier alpha value is -1.45. The van der Waals surface area contributed by atoms with Crippen molar-refractivity contribution in [3.63, 3.8) is 0 Å². The highest BCUT2D eigenvalue weighted by Gasteiger charge is 2.25. The predicted molar refractivity (Wildman–Crippen MR) is 79.1 cm³/mol. The number of hydrogen-bond donors (Lipinski definition) is 1. The van der Waals surface area contributed by atoms with Crippen molar-refractivity contribution in [2.45, 2.75) is 25.9 Å². The number of aromatic nitrogens is 1. The molecule has 0 amide bonds. The Labute approximate surface area is 114 Å². The Balaban J connectivity index is 1.77. The van der Waals surface area contributed by atoms with E-state index < -0.39 is 0 Å². The highest BCUT2D eigenvalue weighted by atomic mass is 15.2. The number of hydrogen-bond acceptors (Lipinski definition) is 3. The summed E-state index contributed by atoms with van der Waals surface area (Å²) in [5, 5.41) is 4.78. The number of rotatable bonds is 2. The lowest BCUT2D eigenvalue weighted by Gasteiger charge is -2.39. The van der Waals surface area contributed by atoms with Crippen LogP contribution in [-0.4, -0.2) is 35.1 Å². The summed E-state index contributed by atoms with van der Waals surface area (Å²) in [6.07, 6.45) is 1.85. The summed E-state index contributed by atoms with van der Waals surface area (Å²) in [6.45, 7) is 8.84. The number of benzene rings is 1. The first kappa shape index (κ1) is 12.6. The minimum atomic E-state index is 0.219. The summed E-state index contributed by atoms with van der Waals surface area (Å²) in [4.78, 5) is 6.89. The SMILES string of the molecule is CC1(C)CN(Cc2ccc3ncccc3c2)CCN1. The molecule has 1 aromatic carbocycles. The van der Waals surface area contributed by atoms with Gasteiger partial charge in [0.25, 0.3) is 0 Å². The second-order valence-electron chi connectivity index (χ2n) is 6.05. The average molecular weight is 255 g/mol. The monoisotopic (exact) mass is 255 g/mol. The maximum Gasteiger partial charge on any atom is 0.0702 e. The van der Waals surface area contributed by atoms with Crippen molar-refractivity contribution in [2.24, 2.45) is 0 Å². The molecule has 19 heavy (non-hydrogen) atoms. The van der Waals surface area contributed by atoms with Crippen molar-refractivity contribution in [3.8, 4) is 0 Å². The van der Waals surface area contributed by atoms with E-state index in [1.165, 1.54) is 10.9 Å². The lowest BCUT2D eigenvalue weighted by atomic mass is 10.0. The predicted octanol–water partition coefficient (Wildman–Crippen LogP) is 2.42. The fourth-order valence-corrected chi connectivity index (χ4v) is 2.86. The minimum absolute atomic E-state index is 0.219. The normalized spacial score (nSPS) is 19.7. The topological polar surface area (TPSA) is 28.2 Å². The number of piperazine rings is 1. The molecule has 0 aliphatic carbocycles. The molecule has 3 heteroatoms. The largest absolute Gasteiger partial charge is 0.309 e. The molecule has 1 aliphatic rings. The van der Waals surface area contributed by atoms with Gasteiger partial charge in [-0.05, 0) is 37.6 Å². The first-order valence-electron chi connectivity index (χ1n) is 6.93. The van der Waals surface area contributed by atoms with Gasteiger partial charge in [-0.15, -0.1) is 0 Å². The second kappa shape index (κ2) is 4.91. The fraction of sp³-hybridized carbons (Fsp3) is 0.438. The van der Waals surface area contributed by atoms with E-state index in [0.29, 0.717) is 0 Å². The summed E-state index contributed by atoms with van der Waals surface area (Å²) < 4.78 is 0. The van der Waals surface area contributed by atoms with Crippen molar-refractivity contribution in [2.75, 3.05) is 19.6 Å². The Kier molecular flexibility index (Phi) is 3.25. The average Bonchev–Trinajstić information content (AvgIpc) is 2.37. The molecule has 1 N–H and O–H groups in total. The van der Waals surface area contributed by atoms with Crippen molar-refractivity contribution in [3.05, 3.63) is 42.1 Å². The molecule has 1 aromatic heterocycles. The van der Waals surface area contributed by atoms with E-state index in [1.54, 1.807) is 0 Å². The van der Waals surface area contributed by atoms with Crippen LogP contribution >= 0.6 is 0 Å². The van der Waals surface area contributed by atoms with Crippen LogP contribution in [0.1, 0.15) is 19.4 Å². The molecular weight excluding hydrogens is 234 g/mol. The van der Waals surface area contributed by atoms with Crippen molar-refractivity contribution in [1.82, 2.24) is 15.2 Å². The molecule has 3 nitrogen and oxygen atoms in total. The van der Waals surface area contributed by atoms with Gasteiger partial charge in [-0.2, -0.15) is 0 Å². The lowest BCUT2D eigenvalue weighted by molar-refractivity contribution is 0.148. The third kappa shape index (κ3) is 2.94. The number of nitrogens with zero attached hydrogens (tertiary/aromatic N) is 2. The Morgan fingerprint density at radius 3 is 3.05 bits per heavy atom. The van der Waals surface area contributed by atoms with Crippen molar-refractivity contribution >= 4 is 10.9 Å². The summed E-state index contributed by atoms with van der Waals surface area (Å²) in [7, 11) is 0. The molecule has 1 fully saturated rings. The third-order valence-electron chi connectivity index (χ3n) is 3.72. The van der Waals surface area contributed by atoms with Gasteiger partial charge in [-0.3, -0.25) is 9.88 Å². The molecule has 0 bridgehead atoms. The van der Waals surface area contributed by atoms with Crippen LogP contribution < -0.4 is 5.32 Å². The lowest BCUT2D eigenvalue weighted by Crippen LogP contribution is -2.56. The quantitative estimate of drug-likeness (QED) is 0.893. The van der Waals surface area contributed by atoms with Crippen LogP contribution in [0.15, 0.2) is 36.5 Å². The maximum absolute atomic E-state index is 4.37. The van der Waals surface area contributed by atoms with Crippen LogP contribution in [0.5, 0.6) is 0 Å². The maximum atomic E-state index is 4.37. The molecule has 1 saturated heterocycles. The Morgan fingerprint density at radius 1 is 1.32 bits per heavy atom. The molecule has 100 valence electrons. The zero-order valence-electron chi connectivity index (χ0n) is 11.7. The van der Waals surface area contributed by atoms with Crippen LogP contribution in [-0.2, 0) is 6.54 Å². The second-order valence-corrected chi connectivity index (χ2v) is 6.05. The van der Waals surface area contributed by atoms with Gasteiger partial charge in [0.05, 0.1) is 5.52 Å². The summed E-state index contributed by atoms with van der Waals surface area (Å²) >= 11 is 0. The highest BCUT2D eigenvalue weighted by Crippen LogP contribution is 2.17. The van der Waals surface area contributed by atoms with Gasteiger partial charge in [0, 0.05) is 43.3 Å². The van der Waals surface area contributed by atoms with E-state index in [2.05, 4.69) is 53.3 Å². The molecule has 0 spiro atoms. The van der Waals surface area contributed by atoms with E-state index in [4.69, 9.17) is 0 Å². The summed E-state index contributed by atoms with van der Waals surface area (Å²) in [6, 6.07) is 10.7. The van der Waals surface area contributed by atoms with Gasteiger partial charge in [0.2, 0.25) is 0 Å². The summed E-state index contributed by atoms with van der Waals surface area (Å²) in [5.74, 6) is 0. The van der Waals surface area contributed by atoms with Crippen molar-refractivity contribution < 1.29 is 0 Å². The smallest absolute Gasteiger partial charge is 0.0702 e. The molecule has 0 unspecified atom stereocenters. The van der Waals surface area contributed by atoms with Gasteiger partial charge < -0.3 is 5.32 Å². The molecule has 1 aliphatic heterocycles. The standard InChI is InChI=1S/C16H21N3/c1-16(2)12-19(9-8-18-16)11-13-5-6-15-14(10-13)4-3-7-17-15/h3-7,10,18H,8-9,11-12H2,1-2H3. The van der Waals surface area contributed by atoms with Crippen LogP contribution in [0.3, 0.4) is 0 Å². The van der Waals surface area contributed by atoms with Gasteiger partial charge >= 0.3 is 0 Å². The van der Waals surface area contributed by atoms with Gasteiger partial charge in [-0.25, -0.2) is 0 Å². The minimum Gasteiger partial charge on any atom is -0.309 e. The summed E-state index contributed by atoms with van der Waals surface area (Å²) in [5.41, 5.74) is 2.67. The Morgan fingerprint density at radius 2 is 2.21 bits per heavy atom. The van der Waals surface area contributed by atoms with Crippen molar-refractivity contribution in [1.29, 1.82) is 0 Å². The van der Waals surface area contributed by atoms with Crippen LogP contribution in [0, 0.1) is 0 Å².